The number of carboxylic acids is 1. The van der Waals surface area contributed by atoms with E-state index in [9.17, 15) is 15.0 Å². The van der Waals surface area contributed by atoms with Crippen molar-refractivity contribution in [1.82, 2.24) is 0 Å². The maximum Gasteiger partial charge on any atom is 0.303 e. The van der Waals surface area contributed by atoms with Crippen LogP contribution in [0.2, 0.25) is 0 Å². The summed E-state index contributed by atoms with van der Waals surface area (Å²) in [7, 11) is 0. The number of carbonyl (C=O) groups is 1. The van der Waals surface area contributed by atoms with E-state index in [1.807, 2.05) is 6.08 Å². The fraction of sp³-hybridized carbons (Fsp3) is 0.783. The minimum atomic E-state index is -0.731. The monoisotopic (exact) mass is 380 g/mol. The molecule has 0 aromatic heterocycles. The number of allylic oxidation sites excluding steroid dienone is 3. The molecule has 0 radical (unpaired) electrons. The van der Waals surface area contributed by atoms with Crippen molar-refractivity contribution in [2.45, 2.75) is 103 Å². The fourth-order valence-electron chi connectivity index (χ4n) is 3.88. The van der Waals surface area contributed by atoms with Crippen molar-refractivity contribution in [3.8, 4) is 0 Å². The van der Waals surface area contributed by atoms with Gasteiger partial charge in [0, 0.05) is 6.42 Å². The number of carboxylic acid groups (broad SMARTS) is 1. The Morgan fingerprint density at radius 2 is 1.85 bits per heavy atom. The van der Waals surface area contributed by atoms with E-state index in [0.717, 1.165) is 44.9 Å². The maximum atomic E-state index is 10.5. The summed E-state index contributed by atoms with van der Waals surface area (Å²) in [4.78, 5) is 10.5. The van der Waals surface area contributed by atoms with E-state index in [2.05, 4.69) is 25.2 Å². The largest absolute Gasteiger partial charge is 0.481 e. The first-order valence-electron chi connectivity index (χ1n) is 11.0. The van der Waals surface area contributed by atoms with E-state index in [0.29, 0.717) is 12.3 Å². The second-order valence-electron chi connectivity index (χ2n) is 7.97. The van der Waals surface area contributed by atoms with Crippen LogP contribution in [0.1, 0.15) is 90.4 Å². The van der Waals surface area contributed by atoms with Gasteiger partial charge < -0.3 is 15.3 Å². The quantitative estimate of drug-likeness (QED) is 0.268. The Balaban J connectivity index is 2.27. The third kappa shape index (κ3) is 11.3. The first kappa shape index (κ1) is 23.9. The molecule has 3 N–H and O–H groups in total. The molecule has 0 heterocycles. The van der Waals surface area contributed by atoms with Gasteiger partial charge in [-0.15, -0.1) is 0 Å². The lowest BCUT2D eigenvalue weighted by Crippen LogP contribution is -2.17. The van der Waals surface area contributed by atoms with E-state index < -0.39 is 5.97 Å². The topological polar surface area (TPSA) is 77.8 Å². The molecule has 27 heavy (non-hydrogen) atoms. The van der Waals surface area contributed by atoms with Gasteiger partial charge >= 0.3 is 5.97 Å². The smallest absolute Gasteiger partial charge is 0.303 e. The highest BCUT2D eigenvalue weighted by molar-refractivity contribution is 5.66. The van der Waals surface area contributed by atoms with Crippen molar-refractivity contribution in [1.29, 1.82) is 0 Å². The average molecular weight is 381 g/mol. The van der Waals surface area contributed by atoms with Crippen LogP contribution in [0.25, 0.3) is 0 Å². The molecule has 1 saturated carbocycles. The van der Waals surface area contributed by atoms with Gasteiger partial charge in [0.05, 0.1) is 12.2 Å². The molecule has 0 amide bonds. The van der Waals surface area contributed by atoms with Crippen LogP contribution in [-0.4, -0.2) is 33.5 Å². The van der Waals surface area contributed by atoms with Gasteiger partial charge in [0.15, 0.2) is 0 Å². The van der Waals surface area contributed by atoms with Crippen molar-refractivity contribution in [2.75, 3.05) is 0 Å². The fourth-order valence-corrected chi connectivity index (χ4v) is 3.88. The first-order valence-corrected chi connectivity index (χ1v) is 11.0. The molecule has 1 rings (SSSR count). The van der Waals surface area contributed by atoms with Crippen LogP contribution in [0.4, 0.5) is 0 Å². The van der Waals surface area contributed by atoms with Crippen LogP contribution in [0.5, 0.6) is 0 Å². The number of hydrogen-bond donors (Lipinski definition) is 3. The van der Waals surface area contributed by atoms with Crippen molar-refractivity contribution >= 4 is 5.97 Å². The summed E-state index contributed by atoms with van der Waals surface area (Å²) in [6.07, 6.45) is 20.0. The Morgan fingerprint density at radius 3 is 2.59 bits per heavy atom. The zero-order chi connectivity index (χ0) is 19.9. The third-order valence-corrected chi connectivity index (χ3v) is 5.61. The molecular formula is C23H40O4. The molecule has 0 bridgehead atoms. The molecule has 0 aromatic carbocycles. The Hall–Kier alpha value is -1.13. The number of unbranched alkanes of at least 4 members (excludes halogenated alkanes) is 6. The minimum absolute atomic E-state index is 0.230. The van der Waals surface area contributed by atoms with Crippen LogP contribution in [0.15, 0.2) is 24.3 Å². The molecule has 0 spiro atoms. The zero-order valence-electron chi connectivity index (χ0n) is 17.1. The molecule has 4 atom stereocenters. The highest BCUT2D eigenvalue weighted by atomic mass is 16.4. The zero-order valence-corrected chi connectivity index (χ0v) is 17.1. The standard InChI is InChI=1S/C23H40O4/c1-2-3-4-6-9-12-20(24)17-15-19-16-18-22(25)21(19)13-10-7-5-8-11-14-23(26)27/h7,10,15,17,19-22,24-25H,2-6,8-9,11-14,16,18H2,1H3,(H,26,27)/b10-7+,17-15+. The highest BCUT2D eigenvalue weighted by Crippen LogP contribution is 2.36. The van der Waals surface area contributed by atoms with Crippen molar-refractivity contribution in [3.63, 3.8) is 0 Å². The molecule has 0 saturated heterocycles. The summed E-state index contributed by atoms with van der Waals surface area (Å²) < 4.78 is 0. The Morgan fingerprint density at radius 1 is 1.07 bits per heavy atom. The molecule has 156 valence electrons. The molecule has 4 heteroatoms. The van der Waals surface area contributed by atoms with Gasteiger partial charge in [-0.25, -0.2) is 0 Å². The maximum absolute atomic E-state index is 10.5. The Bertz CT molecular complexity index is 444. The van der Waals surface area contributed by atoms with E-state index in [1.54, 1.807) is 0 Å². The Kier molecular flexibility index (Phi) is 13.2. The third-order valence-electron chi connectivity index (χ3n) is 5.61. The van der Waals surface area contributed by atoms with Crippen LogP contribution in [-0.2, 0) is 4.79 Å². The molecule has 1 aliphatic rings. The predicted molar refractivity (Wildman–Crippen MR) is 111 cm³/mol. The summed E-state index contributed by atoms with van der Waals surface area (Å²) >= 11 is 0. The van der Waals surface area contributed by atoms with Gasteiger partial charge in [-0.3, -0.25) is 4.79 Å². The van der Waals surface area contributed by atoms with Crippen molar-refractivity contribution in [2.24, 2.45) is 11.8 Å². The normalized spacial score (nSPS) is 24.2. The van der Waals surface area contributed by atoms with Crippen molar-refractivity contribution in [3.05, 3.63) is 24.3 Å². The highest BCUT2D eigenvalue weighted by Gasteiger charge is 2.32. The van der Waals surface area contributed by atoms with Gasteiger partial charge in [0.2, 0.25) is 0 Å². The molecule has 0 aromatic rings. The van der Waals surface area contributed by atoms with E-state index in [1.165, 1.54) is 25.7 Å². The number of aliphatic hydroxyl groups excluding tert-OH is 2. The van der Waals surface area contributed by atoms with Crippen LogP contribution in [0.3, 0.4) is 0 Å². The summed E-state index contributed by atoms with van der Waals surface area (Å²) in [6, 6.07) is 0. The van der Waals surface area contributed by atoms with Gasteiger partial charge in [0.1, 0.15) is 0 Å². The van der Waals surface area contributed by atoms with Gasteiger partial charge in [0.25, 0.3) is 0 Å². The summed E-state index contributed by atoms with van der Waals surface area (Å²) in [5.74, 6) is -0.162. The Labute approximate surface area is 165 Å². The average Bonchev–Trinajstić information content (AvgIpc) is 2.98. The second-order valence-corrected chi connectivity index (χ2v) is 7.97. The summed E-state index contributed by atoms with van der Waals surface area (Å²) in [6.45, 7) is 2.21. The molecule has 4 nitrogen and oxygen atoms in total. The predicted octanol–water partition coefficient (Wildman–Crippen LogP) is 5.24. The molecule has 0 aliphatic heterocycles. The van der Waals surface area contributed by atoms with E-state index in [4.69, 9.17) is 5.11 Å². The van der Waals surface area contributed by atoms with E-state index in [-0.39, 0.29) is 24.5 Å². The van der Waals surface area contributed by atoms with Crippen LogP contribution in [0, 0.1) is 11.8 Å². The molecule has 1 fully saturated rings. The second kappa shape index (κ2) is 14.9. The SMILES string of the molecule is CCCCCCCC(O)/C=C/C1CCC(O)C1C/C=C/CCCCC(=O)O. The number of aliphatic hydroxyl groups is 2. The lowest BCUT2D eigenvalue weighted by molar-refractivity contribution is -0.137. The van der Waals surface area contributed by atoms with Gasteiger partial charge in [-0.05, 0) is 56.8 Å². The minimum Gasteiger partial charge on any atom is -0.481 e. The first-order chi connectivity index (χ1) is 13.0. The van der Waals surface area contributed by atoms with Gasteiger partial charge in [-0.2, -0.15) is 0 Å². The van der Waals surface area contributed by atoms with Crippen molar-refractivity contribution < 1.29 is 20.1 Å². The molecule has 4 unspecified atom stereocenters. The summed E-state index contributed by atoms with van der Waals surface area (Å²) in [5, 5.41) is 29.0. The number of hydrogen-bond acceptors (Lipinski definition) is 3. The van der Waals surface area contributed by atoms with Crippen LogP contribution >= 0.6 is 0 Å². The van der Waals surface area contributed by atoms with Gasteiger partial charge in [-0.1, -0.05) is 63.3 Å². The van der Waals surface area contributed by atoms with E-state index >= 15 is 0 Å². The summed E-state index contributed by atoms with van der Waals surface area (Å²) in [5.41, 5.74) is 0. The number of rotatable bonds is 15. The molecule has 1 aliphatic carbocycles. The van der Waals surface area contributed by atoms with Crippen LogP contribution < -0.4 is 0 Å². The molecular weight excluding hydrogens is 340 g/mol. The number of aliphatic carboxylic acids is 1. The lowest BCUT2D eigenvalue weighted by Gasteiger charge is -2.18. The lowest BCUT2D eigenvalue weighted by atomic mass is 9.90.